The summed E-state index contributed by atoms with van der Waals surface area (Å²) in [5.74, 6) is 2.60. The Morgan fingerprint density at radius 1 is 0.964 bits per heavy atom. The van der Waals surface area contributed by atoms with Gasteiger partial charge in [0.25, 0.3) is 5.91 Å². The minimum absolute atomic E-state index is 0.0309. The minimum atomic E-state index is -0.402. The average Bonchev–Trinajstić information content (AvgIpc) is 2.77. The highest BCUT2D eigenvalue weighted by atomic mass is 32.2. The Morgan fingerprint density at radius 2 is 1.68 bits per heavy atom. The molecule has 1 aromatic carbocycles. The van der Waals surface area contributed by atoms with Gasteiger partial charge >= 0.3 is 5.97 Å². The Bertz CT molecular complexity index is 686. The molecule has 152 valence electrons. The molecule has 2 heterocycles. The molecule has 4 rings (SSSR count). The average molecular weight is 420 g/mol. The number of piperidine rings is 1. The molecule has 1 saturated carbocycles. The van der Waals surface area contributed by atoms with Crippen molar-refractivity contribution >= 4 is 35.4 Å². The van der Waals surface area contributed by atoms with Gasteiger partial charge in [0.1, 0.15) is 0 Å². The van der Waals surface area contributed by atoms with Gasteiger partial charge in [0, 0.05) is 12.6 Å². The van der Waals surface area contributed by atoms with Gasteiger partial charge in [0.05, 0.1) is 10.1 Å². The van der Waals surface area contributed by atoms with Gasteiger partial charge in [-0.15, -0.1) is 23.5 Å². The number of benzene rings is 1. The monoisotopic (exact) mass is 419 g/mol. The van der Waals surface area contributed by atoms with Gasteiger partial charge in [0.2, 0.25) is 0 Å². The maximum atomic E-state index is 12.7. The van der Waals surface area contributed by atoms with Crippen molar-refractivity contribution < 1.29 is 14.3 Å². The number of thioether (sulfide) groups is 2. The SMILES string of the molecule is O=C(OCC(=O)N1CCC[C@@H]2CCCC[C@H]21)c1ccc(C2SCCCS2)cc1. The lowest BCUT2D eigenvalue weighted by Crippen LogP contribution is -2.50. The van der Waals surface area contributed by atoms with Gasteiger partial charge in [-0.1, -0.05) is 25.0 Å². The zero-order chi connectivity index (χ0) is 19.3. The lowest BCUT2D eigenvalue weighted by molar-refractivity contribution is -0.140. The molecule has 0 N–H and O–H groups in total. The number of carbonyl (C=O) groups excluding carboxylic acids is 2. The first-order valence-electron chi connectivity index (χ1n) is 10.5. The zero-order valence-electron chi connectivity index (χ0n) is 16.3. The number of likely N-dealkylation sites (tertiary alicyclic amines) is 1. The molecule has 0 aromatic heterocycles. The van der Waals surface area contributed by atoms with Gasteiger partial charge in [-0.25, -0.2) is 4.79 Å². The van der Waals surface area contributed by atoms with E-state index in [2.05, 4.69) is 0 Å². The fourth-order valence-corrected chi connectivity index (χ4v) is 7.58. The molecule has 1 amide bonds. The number of hydrogen-bond donors (Lipinski definition) is 0. The highest BCUT2D eigenvalue weighted by Gasteiger charge is 2.35. The number of nitrogens with zero attached hydrogens (tertiary/aromatic N) is 1. The molecule has 4 nitrogen and oxygen atoms in total. The summed E-state index contributed by atoms with van der Waals surface area (Å²) in [6, 6.07) is 8.06. The molecule has 3 aliphatic rings. The topological polar surface area (TPSA) is 46.6 Å². The van der Waals surface area contributed by atoms with E-state index < -0.39 is 5.97 Å². The third-order valence-corrected chi connectivity index (χ3v) is 9.15. The molecule has 2 saturated heterocycles. The molecule has 6 heteroatoms. The summed E-state index contributed by atoms with van der Waals surface area (Å²) in [4.78, 5) is 27.1. The third-order valence-electron chi connectivity index (χ3n) is 6.14. The fourth-order valence-electron chi connectivity index (χ4n) is 4.68. The van der Waals surface area contributed by atoms with E-state index in [0.29, 0.717) is 22.1 Å². The Kier molecular flexibility index (Phi) is 6.89. The van der Waals surface area contributed by atoms with Crippen molar-refractivity contribution in [2.45, 2.75) is 55.6 Å². The Labute approximate surface area is 176 Å². The predicted octanol–water partition coefficient (Wildman–Crippen LogP) is 4.89. The molecule has 0 spiro atoms. The van der Waals surface area contributed by atoms with Crippen LogP contribution in [0.4, 0.5) is 0 Å². The quantitative estimate of drug-likeness (QED) is 0.650. The summed E-state index contributed by atoms with van der Waals surface area (Å²) in [6.07, 6.45) is 8.39. The van der Waals surface area contributed by atoms with Crippen LogP contribution in [-0.4, -0.2) is 47.5 Å². The van der Waals surface area contributed by atoms with Crippen LogP contribution in [0.2, 0.25) is 0 Å². The second-order valence-electron chi connectivity index (χ2n) is 7.97. The van der Waals surface area contributed by atoms with Crippen molar-refractivity contribution in [1.82, 2.24) is 4.90 Å². The van der Waals surface area contributed by atoms with Crippen LogP contribution in [0.1, 0.15) is 65.4 Å². The van der Waals surface area contributed by atoms with Gasteiger partial charge in [-0.2, -0.15) is 0 Å². The predicted molar refractivity (Wildman–Crippen MR) is 116 cm³/mol. The van der Waals surface area contributed by atoms with Crippen LogP contribution >= 0.6 is 23.5 Å². The standard InChI is InChI=1S/C22H29NO3S2/c24-20(23-12-3-6-16-5-1-2-7-19(16)23)15-26-21(25)17-8-10-18(11-9-17)22-27-13-4-14-28-22/h8-11,16,19,22H,1-7,12-15H2/t16-,19+/m0/s1. The van der Waals surface area contributed by atoms with Crippen molar-refractivity contribution in [2.75, 3.05) is 24.7 Å². The van der Waals surface area contributed by atoms with Crippen LogP contribution in [0.5, 0.6) is 0 Å². The molecule has 0 unspecified atom stereocenters. The molecule has 0 bridgehead atoms. The maximum absolute atomic E-state index is 12.7. The largest absolute Gasteiger partial charge is 0.452 e. The second-order valence-corrected chi connectivity index (χ2v) is 10.7. The van der Waals surface area contributed by atoms with Crippen LogP contribution < -0.4 is 0 Å². The van der Waals surface area contributed by atoms with Crippen molar-refractivity contribution in [3.05, 3.63) is 35.4 Å². The number of amides is 1. The number of ether oxygens (including phenoxy) is 1. The molecule has 2 atom stereocenters. The number of rotatable bonds is 4. The molecule has 28 heavy (non-hydrogen) atoms. The van der Waals surface area contributed by atoms with E-state index in [1.54, 1.807) is 0 Å². The van der Waals surface area contributed by atoms with E-state index >= 15 is 0 Å². The van der Waals surface area contributed by atoms with E-state index in [-0.39, 0.29) is 12.5 Å². The van der Waals surface area contributed by atoms with Crippen LogP contribution in [0.25, 0.3) is 0 Å². The van der Waals surface area contributed by atoms with E-state index in [1.165, 1.54) is 49.2 Å². The second kappa shape index (κ2) is 9.57. The molecule has 1 aliphatic carbocycles. The lowest BCUT2D eigenvalue weighted by Gasteiger charge is -2.44. The Balaban J connectivity index is 1.30. The van der Waals surface area contributed by atoms with Crippen molar-refractivity contribution in [3.8, 4) is 0 Å². The van der Waals surface area contributed by atoms with Crippen LogP contribution in [0.3, 0.4) is 0 Å². The minimum Gasteiger partial charge on any atom is -0.452 e. The van der Waals surface area contributed by atoms with E-state index in [0.717, 1.165) is 19.4 Å². The van der Waals surface area contributed by atoms with E-state index in [9.17, 15) is 9.59 Å². The maximum Gasteiger partial charge on any atom is 0.338 e. The third kappa shape index (κ3) is 4.70. The van der Waals surface area contributed by atoms with Gasteiger partial charge in [-0.05, 0) is 67.2 Å². The van der Waals surface area contributed by atoms with Crippen molar-refractivity contribution in [3.63, 3.8) is 0 Å². The van der Waals surface area contributed by atoms with Crippen LogP contribution in [0, 0.1) is 5.92 Å². The van der Waals surface area contributed by atoms with E-state index in [1.807, 2.05) is 52.7 Å². The molecular formula is C22H29NO3S2. The van der Waals surface area contributed by atoms with Crippen LogP contribution in [-0.2, 0) is 9.53 Å². The highest BCUT2D eigenvalue weighted by Crippen LogP contribution is 2.43. The number of esters is 1. The lowest BCUT2D eigenvalue weighted by atomic mass is 9.78. The number of hydrogen-bond acceptors (Lipinski definition) is 5. The van der Waals surface area contributed by atoms with Crippen LogP contribution in [0.15, 0.2) is 24.3 Å². The summed E-state index contributed by atoms with van der Waals surface area (Å²) in [7, 11) is 0. The number of fused-ring (bicyclic) bond motifs is 1. The molecule has 2 aliphatic heterocycles. The molecule has 3 fully saturated rings. The summed E-state index contributed by atoms with van der Waals surface area (Å²) >= 11 is 3.93. The summed E-state index contributed by atoms with van der Waals surface area (Å²) in [5.41, 5.74) is 1.77. The first-order valence-corrected chi connectivity index (χ1v) is 12.6. The Hall–Kier alpha value is -1.14. The van der Waals surface area contributed by atoms with Crippen molar-refractivity contribution in [2.24, 2.45) is 5.92 Å². The zero-order valence-corrected chi connectivity index (χ0v) is 17.9. The summed E-state index contributed by atoms with van der Waals surface area (Å²) in [5, 5.41) is 0. The summed E-state index contributed by atoms with van der Waals surface area (Å²) < 4.78 is 5.83. The first kappa shape index (κ1) is 20.1. The van der Waals surface area contributed by atoms with Gasteiger partial charge < -0.3 is 9.64 Å². The molecule has 1 aromatic rings. The molecular weight excluding hydrogens is 390 g/mol. The van der Waals surface area contributed by atoms with Crippen molar-refractivity contribution in [1.29, 1.82) is 0 Å². The smallest absolute Gasteiger partial charge is 0.338 e. The number of carbonyl (C=O) groups is 2. The molecule has 0 radical (unpaired) electrons. The Morgan fingerprint density at radius 3 is 2.46 bits per heavy atom. The van der Waals surface area contributed by atoms with Gasteiger partial charge in [0.15, 0.2) is 6.61 Å². The van der Waals surface area contributed by atoms with E-state index in [4.69, 9.17) is 4.74 Å². The fraction of sp³-hybridized carbons (Fsp3) is 0.636. The normalized spacial score (nSPS) is 25.8. The summed E-state index contributed by atoms with van der Waals surface area (Å²) in [6.45, 7) is 0.668. The highest BCUT2D eigenvalue weighted by molar-refractivity contribution is 8.16. The van der Waals surface area contributed by atoms with Gasteiger partial charge in [-0.3, -0.25) is 4.79 Å². The first-order chi connectivity index (χ1) is 13.7.